The average molecular weight is 369 g/mol. The second-order valence-corrected chi connectivity index (χ2v) is 6.89. The van der Waals surface area contributed by atoms with Gasteiger partial charge in [0, 0.05) is 43.4 Å². The van der Waals surface area contributed by atoms with Gasteiger partial charge in [-0.15, -0.1) is 0 Å². The summed E-state index contributed by atoms with van der Waals surface area (Å²) in [5.41, 5.74) is 1.92. The van der Waals surface area contributed by atoms with Crippen LogP contribution in [0.5, 0.6) is 5.75 Å². The van der Waals surface area contributed by atoms with E-state index >= 15 is 0 Å². The molecule has 0 radical (unpaired) electrons. The van der Waals surface area contributed by atoms with Crippen molar-refractivity contribution in [3.8, 4) is 5.75 Å². The summed E-state index contributed by atoms with van der Waals surface area (Å²) in [7, 11) is 1.59. The SMILES string of the molecule is COc1cccc(NC(=O)N[C@@H]2CN(Cc3ccccc3)CC[C@H]2CO)c1. The highest BCUT2D eigenvalue weighted by Gasteiger charge is 2.30. The summed E-state index contributed by atoms with van der Waals surface area (Å²) in [5, 5.41) is 15.6. The summed E-state index contributed by atoms with van der Waals surface area (Å²) in [6.45, 7) is 2.54. The minimum absolute atomic E-state index is 0.0630. The van der Waals surface area contributed by atoms with Crippen LogP contribution in [0.4, 0.5) is 10.5 Å². The Balaban J connectivity index is 1.59. The predicted molar refractivity (Wildman–Crippen MR) is 106 cm³/mol. The Bertz CT molecular complexity index is 738. The molecule has 1 fully saturated rings. The van der Waals surface area contributed by atoms with Gasteiger partial charge in [-0.1, -0.05) is 36.4 Å². The largest absolute Gasteiger partial charge is 0.497 e. The van der Waals surface area contributed by atoms with Crippen molar-refractivity contribution in [1.82, 2.24) is 10.2 Å². The first-order valence-corrected chi connectivity index (χ1v) is 9.26. The lowest BCUT2D eigenvalue weighted by molar-refractivity contribution is 0.0958. The van der Waals surface area contributed by atoms with Gasteiger partial charge in [-0.25, -0.2) is 4.79 Å². The van der Waals surface area contributed by atoms with Gasteiger partial charge >= 0.3 is 6.03 Å². The number of hydrogen-bond acceptors (Lipinski definition) is 4. The first-order chi connectivity index (χ1) is 13.2. The summed E-state index contributed by atoms with van der Waals surface area (Å²) in [6.07, 6.45) is 0.855. The Morgan fingerprint density at radius 3 is 2.78 bits per heavy atom. The Hall–Kier alpha value is -2.57. The maximum absolute atomic E-state index is 12.4. The Kier molecular flexibility index (Phi) is 6.68. The summed E-state index contributed by atoms with van der Waals surface area (Å²) >= 11 is 0. The molecule has 0 spiro atoms. The zero-order valence-corrected chi connectivity index (χ0v) is 15.6. The molecule has 1 saturated heterocycles. The molecule has 2 amide bonds. The Morgan fingerprint density at radius 2 is 2.04 bits per heavy atom. The van der Waals surface area contributed by atoms with Gasteiger partial charge in [0.05, 0.1) is 7.11 Å². The van der Waals surface area contributed by atoms with Gasteiger partial charge in [-0.3, -0.25) is 4.90 Å². The number of ether oxygens (including phenoxy) is 1. The number of carbonyl (C=O) groups excluding carboxylic acids is 1. The van der Waals surface area contributed by atoms with Crippen LogP contribution in [0.2, 0.25) is 0 Å². The van der Waals surface area contributed by atoms with Gasteiger partial charge < -0.3 is 20.5 Å². The van der Waals surface area contributed by atoms with Crippen molar-refractivity contribution in [2.75, 3.05) is 32.1 Å². The predicted octanol–water partition coefficient (Wildman–Crippen LogP) is 2.70. The number of rotatable bonds is 6. The normalized spacial score (nSPS) is 20.1. The van der Waals surface area contributed by atoms with E-state index in [1.165, 1.54) is 5.56 Å². The van der Waals surface area contributed by atoms with E-state index in [1.807, 2.05) is 36.4 Å². The molecule has 0 aromatic heterocycles. The summed E-state index contributed by atoms with van der Waals surface area (Å²) < 4.78 is 5.18. The van der Waals surface area contributed by atoms with E-state index in [0.717, 1.165) is 19.5 Å². The van der Waals surface area contributed by atoms with E-state index in [9.17, 15) is 9.90 Å². The van der Waals surface area contributed by atoms with E-state index in [2.05, 4.69) is 27.7 Å². The van der Waals surface area contributed by atoms with Crippen LogP contribution in [0.15, 0.2) is 54.6 Å². The number of hydrogen-bond donors (Lipinski definition) is 3. The number of piperidine rings is 1. The maximum Gasteiger partial charge on any atom is 0.319 e. The molecule has 1 aliphatic rings. The van der Waals surface area contributed by atoms with E-state index in [0.29, 0.717) is 18.0 Å². The topological polar surface area (TPSA) is 73.8 Å². The van der Waals surface area contributed by atoms with Crippen LogP contribution in [0.1, 0.15) is 12.0 Å². The Labute approximate surface area is 160 Å². The number of aliphatic hydroxyl groups is 1. The molecule has 3 N–H and O–H groups in total. The molecule has 27 heavy (non-hydrogen) atoms. The fourth-order valence-electron chi connectivity index (χ4n) is 3.47. The highest BCUT2D eigenvalue weighted by Crippen LogP contribution is 2.20. The first-order valence-electron chi connectivity index (χ1n) is 9.26. The van der Waals surface area contributed by atoms with Crippen LogP contribution in [0.25, 0.3) is 0 Å². The van der Waals surface area contributed by atoms with Crippen molar-refractivity contribution >= 4 is 11.7 Å². The van der Waals surface area contributed by atoms with E-state index in [-0.39, 0.29) is 24.6 Å². The molecule has 0 bridgehead atoms. The number of anilines is 1. The lowest BCUT2D eigenvalue weighted by Crippen LogP contribution is -2.54. The highest BCUT2D eigenvalue weighted by atomic mass is 16.5. The van der Waals surface area contributed by atoms with Crippen LogP contribution in [-0.2, 0) is 6.54 Å². The highest BCUT2D eigenvalue weighted by molar-refractivity contribution is 5.89. The molecule has 3 rings (SSSR count). The number of likely N-dealkylation sites (tertiary alicyclic amines) is 1. The van der Waals surface area contributed by atoms with Crippen molar-refractivity contribution in [2.45, 2.75) is 19.0 Å². The van der Waals surface area contributed by atoms with E-state index < -0.39 is 0 Å². The summed E-state index contributed by atoms with van der Waals surface area (Å²) in [5.74, 6) is 0.751. The monoisotopic (exact) mass is 369 g/mol. The van der Waals surface area contributed by atoms with E-state index in [1.54, 1.807) is 13.2 Å². The van der Waals surface area contributed by atoms with Gasteiger partial charge in [0.25, 0.3) is 0 Å². The fourth-order valence-corrected chi connectivity index (χ4v) is 3.47. The summed E-state index contributed by atoms with van der Waals surface area (Å²) in [4.78, 5) is 14.8. The van der Waals surface area contributed by atoms with Crippen molar-refractivity contribution < 1.29 is 14.6 Å². The third-order valence-corrected chi connectivity index (χ3v) is 4.97. The molecule has 144 valence electrons. The van der Waals surface area contributed by atoms with Gasteiger partial charge in [-0.2, -0.15) is 0 Å². The van der Waals surface area contributed by atoms with Gasteiger partial charge in [0.15, 0.2) is 0 Å². The average Bonchev–Trinajstić information content (AvgIpc) is 2.69. The van der Waals surface area contributed by atoms with Gasteiger partial charge in [0.1, 0.15) is 5.75 Å². The number of carbonyl (C=O) groups is 1. The van der Waals surface area contributed by atoms with Crippen LogP contribution in [0, 0.1) is 5.92 Å². The molecule has 1 heterocycles. The zero-order valence-electron chi connectivity index (χ0n) is 15.6. The number of nitrogens with zero attached hydrogens (tertiary/aromatic N) is 1. The molecule has 0 saturated carbocycles. The fraction of sp³-hybridized carbons (Fsp3) is 0.381. The number of aliphatic hydroxyl groups excluding tert-OH is 1. The molecule has 2 aromatic carbocycles. The van der Waals surface area contributed by atoms with Crippen molar-refractivity contribution in [2.24, 2.45) is 5.92 Å². The lowest BCUT2D eigenvalue weighted by Gasteiger charge is -2.38. The number of nitrogens with one attached hydrogen (secondary N) is 2. The van der Waals surface area contributed by atoms with Gasteiger partial charge in [-0.05, 0) is 30.7 Å². The molecule has 0 aliphatic carbocycles. The van der Waals surface area contributed by atoms with Crippen LogP contribution < -0.4 is 15.4 Å². The zero-order chi connectivity index (χ0) is 19.1. The van der Waals surface area contributed by atoms with Crippen LogP contribution >= 0.6 is 0 Å². The molecule has 6 heteroatoms. The number of urea groups is 1. The second kappa shape index (κ2) is 9.39. The molecule has 0 unspecified atom stereocenters. The second-order valence-electron chi connectivity index (χ2n) is 6.89. The smallest absolute Gasteiger partial charge is 0.319 e. The molecule has 1 aliphatic heterocycles. The van der Waals surface area contributed by atoms with Crippen LogP contribution in [0.3, 0.4) is 0 Å². The van der Waals surface area contributed by atoms with Gasteiger partial charge in [0.2, 0.25) is 0 Å². The molecular formula is C21H27N3O3. The van der Waals surface area contributed by atoms with E-state index in [4.69, 9.17) is 4.74 Å². The molecule has 2 atom stereocenters. The quantitative estimate of drug-likeness (QED) is 0.732. The number of benzene rings is 2. The van der Waals surface area contributed by atoms with Crippen LogP contribution in [-0.4, -0.2) is 48.9 Å². The number of amides is 2. The maximum atomic E-state index is 12.4. The third kappa shape index (κ3) is 5.45. The van der Waals surface area contributed by atoms with Crippen molar-refractivity contribution in [3.05, 3.63) is 60.2 Å². The summed E-state index contributed by atoms with van der Waals surface area (Å²) in [6, 6.07) is 17.2. The van der Waals surface area contributed by atoms with Crippen molar-refractivity contribution in [3.63, 3.8) is 0 Å². The minimum Gasteiger partial charge on any atom is -0.497 e. The van der Waals surface area contributed by atoms with Crippen molar-refractivity contribution in [1.29, 1.82) is 0 Å². The lowest BCUT2D eigenvalue weighted by atomic mass is 9.92. The molecular weight excluding hydrogens is 342 g/mol. The first kappa shape index (κ1) is 19.2. The third-order valence-electron chi connectivity index (χ3n) is 4.97. The standard InChI is InChI=1S/C21H27N3O3/c1-27-19-9-5-8-18(12-19)22-21(26)23-20-14-24(11-10-17(20)15-25)13-16-6-3-2-4-7-16/h2-9,12,17,20,25H,10-11,13-15H2,1H3,(H2,22,23,26)/t17-,20+/m0/s1. The molecule has 6 nitrogen and oxygen atoms in total. The minimum atomic E-state index is -0.270. The Morgan fingerprint density at radius 1 is 1.22 bits per heavy atom. The molecule has 2 aromatic rings. The number of methoxy groups -OCH3 is 1.